The third-order valence-electron chi connectivity index (χ3n) is 3.28. The van der Waals surface area contributed by atoms with E-state index in [2.05, 4.69) is 15.5 Å². The molecule has 3 N–H and O–H groups in total. The highest BCUT2D eigenvalue weighted by molar-refractivity contribution is 7.13. The summed E-state index contributed by atoms with van der Waals surface area (Å²) < 4.78 is 0. The second-order valence-corrected chi connectivity index (χ2v) is 7.21. The Hall–Kier alpha value is -2.32. The van der Waals surface area contributed by atoms with E-state index in [0.717, 1.165) is 0 Å². The van der Waals surface area contributed by atoms with E-state index in [-0.39, 0.29) is 11.7 Å². The predicted molar refractivity (Wildman–Crippen MR) is 110 cm³/mol. The van der Waals surface area contributed by atoms with E-state index in [4.69, 9.17) is 45.4 Å². The Bertz CT molecular complexity index is 1010. The number of rotatable bonds is 4. The summed E-state index contributed by atoms with van der Waals surface area (Å²) >= 11 is 19.3. The van der Waals surface area contributed by atoms with Crippen LogP contribution in [0.25, 0.3) is 10.6 Å². The van der Waals surface area contributed by atoms with Crippen molar-refractivity contribution in [2.75, 3.05) is 5.32 Å². The molecule has 10 heteroatoms. The Labute approximate surface area is 173 Å². The summed E-state index contributed by atoms with van der Waals surface area (Å²) in [5.74, 6) is 0.322. The van der Waals surface area contributed by atoms with Crippen molar-refractivity contribution in [3.63, 3.8) is 0 Å². The van der Waals surface area contributed by atoms with E-state index < -0.39 is 6.09 Å². The van der Waals surface area contributed by atoms with Crippen LogP contribution in [0, 0.1) is 0 Å². The molecule has 2 aromatic carbocycles. The van der Waals surface area contributed by atoms with Gasteiger partial charge in [-0.15, -0.1) is 11.3 Å². The smallest absolute Gasteiger partial charge is 0.380 e. The Kier molecular flexibility index (Phi) is 6.18. The lowest BCUT2D eigenvalue weighted by atomic mass is 10.2. The number of carbonyl (C=O) groups is 1. The van der Waals surface area contributed by atoms with Gasteiger partial charge in [-0.1, -0.05) is 52.1 Å². The maximum absolute atomic E-state index is 11.9. The fourth-order valence-corrected chi connectivity index (χ4v) is 3.37. The normalized spacial score (nSPS) is 11.3. The Morgan fingerprint density at radius 2 is 1.89 bits per heavy atom. The second kappa shape index (κ2) is 8.58. The van der Waals surface area contributed by atoms with Gasteiger partial charge in [0.2, 0.25) is 0 Å². The number of hydrogen-bond acceptors (Lipinski definition) is 5. The molecule has 0 spiro atoms. The lowest BCUT2D eigenvalue weighted by Gasteiger charge is -2.02. The van der Waals surface area contributed by atoms with Crippen molar-refractivity contribution in [2.45, 2.75) is 0 Å². The first-order valence-electron chi connectivity index (χ1n) is 7.41. The molecule has 0 aliphatic rings. The average Bonchev–Trinajstić information content (AvgIpc) is 3.10. The molecule has 3 rings (SSSR count). The zero-order chi connectivity index (χ0) is 19.4. The van der Waals surface area contributed by atoms with Gasteiger partial charge in [-0.25, -0.2) is 9.78 Å². The molecule has 0 fully saturated rings. The number of halogens is 3. The van der Waals surface area contributed by atoms with Crippen LogP contribution in [0.15, 0.2) is 53.0 Å². The number of amides is 1. The number of nitrogens with zero attached hydrogens (tertiary/aromatic N) is 2. The highest BCUT2D eigenvalue weighted by Crippen LogP contribution is 2.35. The van der Waals surface area contributed by atoms with Crippen molar-refractivity contribution < 1.29 is 9.63 Å². The maximum atomic E-state index is 11.9. The summed E-state index contributed by atoms with van der Waals surface area (Å²) in [6.45, 7) is 0. The van der Waals surface area contributed by atoms with Gasteiger partial charge in [0.05, 0.1) is 10.0 Å². The molecule has 0 radical (unpaired) electrons. The van der Waals surface area contributed by atoms with Gasteiger partial charge < -0.3 is 5.73 Å². The minimum Gasteiger partial charge on any atom is -0.380 e. The summed E-state index contributed by atoms with van der Waals surface area (Å²) in [6.07, 6.45) is -0.832. The Balaban J connectivity index is 1.65. The summed E-state index contributed by atoms with van der Waals surface area (Å²) in [5.41, 5.74) is 6.99. The van der Waals surface area contributed by atoms with Crippen LogP contribution in [-0.2, 0) is 4.84 Å². The van der Waals surface area contributed by atoms with Crippen LogP contribution in [0.5, 0.6) is 0 Å². The van der Waals surface area contributed by atoms with Gasteiger partial charge >= 0.3 is 6.09 Å². The van der Waals surface area contributed by atoms with Crippen molar-refractivity contribution >= 4 is 63.9 Å². The molecule has 27 heavy (non-hydrogen) atoms. The Morgan fingerprint density at radius 1 is 1.15 bits per heavy atom. The monoisotopic (exact) mass is 440 g/mol. The lowest BCUT2D eigenvalue weighted by Crippen LogP contribution is -2.17. The first-order valence-corrected chi connectivity index (χ1v) is 9.42. The summed E-state index contributed by atoms with van der Waals surface area (Å²) in [4.78, 5) is 20.9. The minimum atomic E-state index is -0.832. The molecule has 6 nitrogen and oxygen atoms in total. The number of carbonyl (C=O) groups excluding carboxylic acids is 1. The summed E-state index contributed by atoms with van der Waals surface area (Å²) in [7, 11) is 0. The highest BCUT2D eigenvalue weighted by atomic mass is 35.5. The molecule has 1 amide bonds. The van der Waals surface area contributed by atoms with E-state index in [1.54, 1.807) is 47.8 Å². The fraction of sp³-hybridized carbons (Fsp3) is 0. The van der Waals surface area contributed by atoms with E-state index >= 15 is 0 Å². The second-order valence-electron chi connectivity index (χ2n) is 5.13. The van der Waals surface area contributed by atoms with Crippen molar-refractivity contribution in [1.82, 2.24) is 4.98 Å². The predicted octanol–water partition coefficient (Wildman–Crippen LogP) is 5.64. The summed E-state index contributed by atoms with van der Waals surface area (Å²) in [6, 6.07) is 11.8. The van der Waals surface area contributed by atoms with Crippen molar-refractivity contribution in [3.05, 3.63) is 68.5 Å². The molecule has 3 aromatic rings. The fourth-order valence-electron chi connectivity index (χ4n) is 2.02. The van der Waals surface area contributed by atoms with Gasteiger partial charge in [-0.2, -0.15) is 0 Å². The van der Waals surface area contributed by atoms with E-state index in [0.29, 0.717) is 31.2 Å². The van der Waals surface area contributed by atoms with Crippen LogP contribution in [0.4, 0.5) is 10.6 Å². The van der Waals surface area contributed by atoms with Gasteiger partial charge in [-0.3, -0.25) is 10.2 Å². The highest BCUT2D eigenvalue weighted by Gasteiger charge is 2.13. The molecule has 138 valence electrons. The first kappa shape index (κ1) is 19.4. The number of thiazole rings is 1. The van der Waals surface area contributed by atoms with Crippen LogP contribution < -0.4 is 11.1 Å². The average molecular weight is 442 g/mol. The van der Waals surface area contributed by atoms with Crippen molar-refractivity contribution in [3.8, 4) is 10.6 Å². The molecular weight excluding hydrogens is 431 g/mol. The molecule has 0 atom stereocenters. The van der Waals surface area contributed by atoms with Gasteiger partial charge in [0, 0.05) is 21.5 Å². The topological polar surface area (TPSA) is 89.6 Å². The molecule has 0 aliphatic carbocycles. The molecule has 0 bridgehead atoms. The van der Waals surface area contributed by atoms with Crippen LogP contribution in [0.3, 0.4) is 0 Å². The zero-order valence-electron chi connectivity index (χ0n) is 13.4. The number of hydrogen-bond donors (Lipinski definition) is 2. The number of oxime groups is 1. The molecule has 0 saturated heterocycles. The molecule has 1 aromatic heterocycles. The number of nitrogens with one attached hydrogen (secondary N) is 1. The van der Waals surface area contributed by atoms with E-state index in [9.17, 15) is 4.79 Å². The SMILES string of the molecule is N/C(=N/OC(=O)Nc1csc(-c2cccc(Cl)c2Cl)n1)c1ccc(Cl)cc1. The van der Waals surface area contributed by atoms with E-state index in [1.807, 2.05) is 0 Å². The van der Waals surface area contributed by atoms with Gasteiger partial charge in [0.1, 0.15) is 10.8 Å². The van der Waals surface area contributed by atoms with Crippen molar-refractivity contribution in [1.29, 1.82) is 0 Å². The largest absolute Gasteiger partial charge is 0.439 e. The third kappa shape index (κ3) is 4.90. The van der Waals surface area contributed by atoms with E-state index in [1.165, 1.54) is 11.3 Å². The number of benzene rings is 2. The van der Waals surface area contributed by atoms with Crippen LogP contribution >= 0.6 is 46.1 Å². The first-order chi connectivity index (χ1) is 12.9. The van der Waals surface area contributed by atoms with Crippen LogP contribution in [-0.4, -0.2) is 16.9 Å². The molecule has 0 aliphatic heterocycles. The summed E-state index contributed by atoms with van der Waals surface area (Å²) in [5, 5.41) is 9.66. The molecular formula is C17H11Cl3N4O2S. The number of anilines is 1. The number of aromatic nitrogens is 1. The Morgan fingerprint density at radius 3 is 2.63 bits per heavy atom. The quantitative estimate of drug-likeness (QED) is 0.237. The molecule has 1 heterocycles. The molecule has 0 saturated carbocycles. The van der Waals surface area contributed by atoms with Gasteiger partial charge in [0.25, 0.3) is 0 Å². The van der Waals surface area contributed by atoms with Crippen LogP contribution in [0.2, 0.25) is 15.1 Å². The van der Waals surface area contributed by atoms with Crippen molar-refractivity contribution in [2.24, 2.45) is 10.9 Å². The van der Waals surface area contributed by atoms with Crippen LogP contribution in [0.1, 0.15) is 5.56 Å². The van der Waals surface area contributed by atoms with Gasteiger partial charge in [0.15, 0.2) is 5.84 Å². The minimum absolute atomic E-state index is 0.0338. The van der Waals surface area contributed by atoms with Gasteiger partial charge in [-0.05, 0) is 30.3 Å². The number of nitrogens with two attached hydrogens (primary N) is 1. The third-order valence-corrected chi connectivity index (χ3v) is 5.23. The zero-order valence-corrected chi connectivity index (χ0v) is 16.5. The standard InChI is InChI=1S/C17H11Cl3N4O2S/c18-10-6-4-9(5-7-10)15(21)24-26-17(25)23-13-8-27-16(22-13)11-2-1-3-12(19)14(11)20/h1-8H,(H2,21,24)(H,23,25). The lowest BCUT2D eigenvalue weighted by molar-refractivity contribution is 0.166. The molecule has 0 unspecified atom stereocenters. The maximum Gasteiger partial charge on any atom is 0.439 e. The number of amidine groups is 1.